The van der Waals surface area contributed by atoms with E-state index < -0.39 is 5.91 Å². The summed E-state index contributed by atoms with van der Waals surface area (Å²) >= 11 is 12.1. The molecule has 0 atom stereocenters. The monoisotopic (exact) mass is 484 g/mol. The molecule has 2 aromatic heterocycles. The van der Waals surface area contributed by atoms with Crippen molar-refractivity contribution in [3.63, 3.8) is 0 Å². The number of hydrogen-bond acceptors (Lipinski definition) is 6. The van der Waals surface area contributed by atoms with Gasteiger partial charge in [0, 0.05) is 15.6 Å². The molecule has 2 aromatic carbocycles. The molecule has 1 amide bonds. The summed E-state index contributed by atoms with van der Waals surface area (Å²) in [4.78, 5) is 27.9. The average Bonchev–Trinajstić information content (AvgIpc) is 3.44. The van der Waals surface area contributed by atoms with Gasteiger partial charge >= 0.3 is 0 Å². The molecule has 2 heterocycles. The molecule has 0 unspecified atom stereocenters. The molecule has 33 heavy (non-hydrogen) atoms. The number of amides is 1. The Bertz CT molecular complexity index is 1300. The SMILES string of the molecule is CC(=O)c1ccc(OCc2ccc(C(=O)Nc3ncn(Cc4ccc(Cl)cc4Cl)n3)o2)cc1. The molecule has 0 spiro atoms. The van der Waals surface area contributed by atoms with Crippen LogP contribution in [0.3, 0.4) is 0 Å². The summed E-state index contributed by atoms with van der Waals surface area (Å²) in [6, 6.07) is 15.1. The number of rotatable bonds is 8. The molecule has 4 rings (SSSR count). The van der Waals surface area contributed by atoms with Crippen LogP contribution in [0.25, 0.3) is 0 Å². The second kappa shape index (κ2) is 9.89. The fourth-order valence-electron chi connectivity index (χ4n) is 2.93. The number of carbonyl (C=O) groups excluding carboxylic acids is 2. The van der Waals surface area contributed by atoms with Crippen LogP contribution in [0.4, 0.5) is 5.95 Å². The third-order valence-electron chi connectivity index (χ3n) is 4.64. The van der Waals surface area contributed by atoms with Crippen molar-refractivity contribution in [2.45, 2.75) is 20.1 Å². The van der Waals surface area contributed by atoms with Gasteiger partial charge in [0.15, 0.2) is 11.5 Å². The summed E-state index contributed by atoms with van der Waals surface area (Å²) in [7, 11) is 0. The van der Waals surface area contributed by atoms with Crippen LogP contribution >= 0.6 is 23.2 Å². The Morgan fingerprint density at radius 1 is 1.09 bits per heavy atom. The lowest BCUT2D eigenvalue weighted by Crippen LogP contribution is -2.12. The lowest BCUT2D eigenvalue weighted by atomic mass is 10.1. The number of halogens is 2. The summed E-state index contributed by atoms with van der Waals surface area (Å²) in [6.07, 6.45) is 1.49. The number of nitrogens with zero attached hydrogens (tertiary/aromatic N) is 3. The molecule has 8 nitrogen and oxygen atoms in total. The van der Waals surface area contributed by atoms with E-state index in [9.17, 15) is 9.59 Å². The van der Waals surface area contributed by atoms with Gasteiger partial charge in [0.25, 0.3) is 5.91 Å². The lowest BCUT2D eigenvalue weighted by molar-refractivity contribution is 0.0989. The van der Waals surface area contributed by atoms with E-state index in [2.05, 4.69) is 15.4 Å². The van der Waals surface area contributed by atoms with Gasteiger partial charge < -0.3 is 9.15 Å². The summed E-state index contributed by atoms with van der Waals surface area (Å²) in [5.74, 6) is 0.762. The topological polar surface area (TPSA) is 99.2 Å². The van der Waals surface area contributed by atoms with Gasteiger partial charge in [0.2, 0.25) is 5.95 Å². The zero-order chi connectivity index (χ0) is 23.4. The normalized spacial score (nSPS) is 10.8. The largest absolute Gasteiger partial charge is 0.486 e. The van der Waals surface area contributed by atoms with Crippen molar-refractivity contribution in [3.8, 4) is 5.75 Å². The number of carbonyl (C=O) groups is 2. The van der Waals surface area contributed by atoms with Crippen molar-refractivity contribution in [3.05, 3.63) is 93.6 Å². The highest BCUT2D eigenvalue weighted by atomic mass is 35.5. The molecule has 0 saturated carbocycles. The number of Topliss-reactive ketones (excluding diaryl/α,β-unsaturated/α-hetero) is 1. The van der Waals surface area contributed by atoms with Crippen molar-refractivity contribution < 1.29 is 18.7 Å². The molecule has 4 aromatic rings. The molecular formula is C23H18Cl2N4O4. The fourth-order valence-corrected chi connectivity index (χ4v) is 3.40. The van der Waals surface area contributed by atoms with Gasteiger partial charge in [0.1, 0.15) is 24.4 Å². The molecule has 0 bridgehead atoms. The first kappa shape index (κ1) is 22.6. The van der Waals surface area contributed by atoms with Gasteiger partial charge in [-0.05, 0) is 61.0 Å². The number of hydrogen-bond donors (Lipinski definition) is 1. The maximum absolute atomic E-state index is 12.5. The summed E-state index contributed by atoms with van der Waals surface area (Å²) < 4.78 is 12.7. The Labute approximate surface area is 199 Å². The second-order valence-electron chi connectivity index (χ2n) is 7.09. The van der Waals surface area contributed by atoms with Gasteiger partial charge in [-0.15, -0.1) is 5.10 Å². The second-order valence-corrected chi connectivity index (χ2v) is 7.93. The van der Waals surface area contributed by atoms with E-state index in [1.54, 1.807) is 53.2 Å². The number of furan rings is 1. The molecule has 0 saturated heterocycles. The Kier molecular flexibility index (Phi) is 6.76. The lowest BCUT2D eigenvalue weighted by Gasteiger charge is -2.05. The summed E-state index contributed by atoms with van der Waals surface area (Å²) in [6.45, 7) is 2.00. The molecule has 0 radical (unpaired) electrons. The summed E-state index contributed by atoms with van der Waals surface area (Å²) in [5, 5.41) is 7.88. The summed E-state index contributed by atoms with van der Waals surface area (Å²) in [5.41, 5.74) is 1.42. The quantitative estimate of drug-likeness (QED) is 0.342. The van der Waals surface area contributed by atoms with Crippen LogP contribution in [0.1, 0.15) is 39.2 Å². The molecule has 0 aliphatic rings. The maximum Gasteiger partial charge on any atom is 0.293 e. The predicted molar refractivity (Wildman–Crippen MR) is 123 cm³/mol. The third kappa shape index (κ3) is 5.79. The highest BCUT2D eigenvalue weighted by Gasteiger charge is 2.14. The zero-order valence-electron chi connectivity index (χ0n) is 17.4. The highest BCUT2D eigenvalue weighted by molar-refractivity contribution is 6.35. The fraction of sp³-hybridized carbons (Fsp3) is 0.130. The zero-order valence-corrected chi connectivity index (χ0v) is 18.9. The molecule has 1 N–H and O–H groups in total. The first-order valence-corrected chi connectivity index (χ1v) is 10.6. The van der Waals surface area contributed by atoms with E-state index in [1.165, 1.54) is 19.3 Å². The Morgan fingerprint density at radius 2 is 1.88 bits per heavy atom. The van der Waals surface area contributed by atoms with Gasteiger partial charge in [0.05, 0.1) is 6.54 Å². The van der Waals surface area contributed by atoms with Crippen LogP contribution in [0, 0.1) is 0 Å². The van der Waals surface area contributed by atoms with Crippen LogP contribution in [0.2, 0.25) is 10.0 Å². The van der Waals surface area contributed by atoms with Gasteiger partial charge in [-0.2, -0.15) is 0 Å². The van der Waals surface area contributed by atoms with E-state index in [1.807, 2.05) is 0 Å². The third-order valence-corrected chi connectivity index (χ3v) is 5.22. The molecule has 0 fully saturated rings. The molecular weight excluding hydrogens is 467 g/mol. The number of aromatic nitrogens is 3. The van der Waals surface area contributed by atoms with Crippen molar-refractivity contribution in [1.29, 1.82) is 0 Å². The van der Waals surface area contributed by atoms with E-state index in [0.29, 0.717) is 33.7 Å². The van der Waals surface area contributed by atoms with Crippen LogP contribution in [0.15, 0.2) is 65.3 Å². The van der Waals surface area contributed by atoms with Crippen molar-refractivity contribution >= 4 is 40.8 Å². The van der Waals surface area contributed by atoms with Crippen molar-refractivity contribution in [1.82, 2.24) is 14.8 Å². The van der Waals surface area contributed by atoms with Crippen LogP contribution in [-0.4, -0.2) is 26.5 Å². The molecule has 168 valence electrons. The average molecular weight is 485 g/mol. The Balaban J connectivity index is 1.32. The van der Waals surface area contributed by atoms with Crippen molar-refractivity contribution in [2.24, 2.45) is 0 Å². The van der Waals surface area contributed by atoms with Crippen LogP contribution in [-0.2, 0) is 13.2 Å². The van der Waals surface area contributed by atoms with E-state index in [0.717, 1.165) is 5.56 Å². The maximum atomic E-state index is 12.5. The number of benzene rings is 2. The van der Waals surface area contributed by atoms with Crippen LogP contribution in [0.5, 0.6) is 5.75 Å². The van der Waals surface area contributed by atoms with Gasteiger partial charge in [-0.1, -0.05) is 29.3 Å². The van der Waals surface area contributed by atoms with Gasteiger partial charge in [-0.3, -0.25) is 14.9 Å². The molecule has 0 aliphatic carbocycles. The molecule has 10 heteroatoms. The minimum Gasteiger partial charge on any atom is -0.486 e. The molecule has 0 aliphatic heterocycles. The smallest absolute Gasteiger partial charge is 0.293 e. The van der Waals surface area contributed by atoms with Crippen molar-refractivity contribution in [2.75, 3.05) is 5.32 Å². The van der Waals surface area contributed by atoms with E-state index in [4.69, 9.17) is 32.4 Å². The van der Waals surface area contributed by atoms with E-state index in [-0.39, 0.29) is 24.1 Å². The highest BCUT2D eigenvalue weighted by Crippen LogP contribution is 2.22. The number of ketones is 1. The Hall–Kier alpha value is -3.62. The minimum absolute atomic E-state index is 0.0173. The first-order chi connectivity index (χ1) is 15.9. The Morgan fingerprint density at radius 3 is 2.61 bits per heavy atom. The standard InChI is InChI=1S/C23H18Cl2N4O4/c1-14(30)15-3-6-18(7-4-15)32-12-19-8-9-21(33-19)22(31)27-23-26-13-29(28-23)11-16-2-5-17(24)10-20(16)25/h2-10,13H,11-12H2,1H3,(H,27,28,31). The predicted octanol–water partition coefficient (Wildman–Crippen LogP) is 5.26. The first-order valence-electron chi connectivity index (χ1n) is 9.84. The van der Waals surface area contributed by atoms with Gasteiger partial charge in [-0.25, -0.2) is 9.67 Å². The number of anilines is 1. The van der Waals surface area contributed by atoms with E-state index >= 15 is 0 Å². The minimum atomic E-state index is -0.491. The van der Waals surface area contributed by atoms with Crippen LogP contribution < -0.4 is 10.1 Å². The number of nitrogens with one attached hydrogen (secondary N) is 1. The number of ether oxygens (including phenoxy) is 1.